The summed E-state index contributed by atoms with van der Waals surface area (Å²) >= 11 is 0. The quantitative estimate of drug-likeness (QED) is 0.151. The lowest BCUT2D eigenvalue weighted by Gasteiger charge is -2.43. The molecule has 10 nitrogen and oxygen atoms in total. The van der Waals surface area contributed by atoms with Crippen LogP contribution in [0.2, 0.25) is 0 Å². The Labute approximate surface area is 303 Å². The molecule has 0 radical (unpaired) electrons. The highest BCUT2D eigenvalue weighted by atomic mass is 32.2. The van der Waals surface area contributed by atoms with E-state index < -0.39 is 27.3 Å². The van der Waals surface area contributed by atoms with Gasteiger partial charge in [-0.3, -0.25) is 9.29 Å². The zero-order valence-electron chi connectivity index (χ0n) is 29.1. The number of alkyl carbamates (subject to hydrolysis) is 1. The number of imidazole rings is 1. The average Bonchev–Trinajstić information content (AvgIpc) is 3.44. The highest BCUT2D eigenvalue weighted by Gasteiger charge is 2.41. The zero-order chi connectivity index (χ0) is 36.1. The van der Waals surface area contributed by atoms with E-state index in [9.17, 15) is 13.2 Å². The molecule has 4 aromatic carbocycles. The Morgan fingerprint density at radius 3 is 2.23 bits per heavy atom. The number of carbonyl (C=O) groups is 1. The van der Waals surface area contributed by atoms with Crippen molar-refractivity contribution in [3.8, 4) is 39.6 Å². The average molecular weight is 711 g/mol. The molecule has 0 unspecified atom stereocenters. The number of rotatable bonds is 7. The largest absolute Gasteiger partial charge is 0.444 e. The van der Waals surface area contributed by atoms with Gasteiger partial charge >= 0.3 is 6.09 Å². The van der Waals surface area contributed by atoms with Gasteiger partial charge < -0.3 is 15.4 Å². The van der Waals surface area contributed by atoms with Crippen LogP contribution < -0.4 is 15.4 Å². The highest BCUT2D eigenvalue weighted by Crippen LogP contribution is 2.46. The number of anilines is 3. The first-order valence-corrected chi connectivity index (χ1v) is 18.7. The topological polar surface area (TPSA) is 127 Å². The van der Waals surface area contributed by atoms with E-state index in [1.807, 2.05) is 69.3 Å². The van der Waals surface area contributed by atoms with Crippen molar-refractivity contribution in [3.05, 3.63) is 127 Å². The van der Waals surface area contributed by atoms with Gasteiger partial charge in [-0.1, -0.05) is 66.7 Å². The lowest BCUT2D eigenvalue weighted by Crippen LogP contribution is -2.52. The van der Waals surface area contributed by atoms with Gasteiger partial charge in [-0.05, 0) is 94.1 Å². The number of hydrogen-bond donors (Lipinski definition) is 3. The Kier molecular flexibility index (Phi) is 8.10. The zero-order valence-corrected chi connectivity index (χ0v) is 29.9. The van der Waals surface area contributed by atoms with E-state index >= 15 is 0 Å². The fraction of sp³-hybridized carbons (Fsp3) is 0.195. The number of para-hydroxylation sites is 1. The van der Waals surface area contributed by atoms with E-state index in [2.05, 4.69) is 44.2 Å². The van der Waals surface area contributed by atoms with Crippen molar-refractivity contribution in [3.63, 3.8) is 0 Å². The van der Waals surface area contributed by atoms with Gasteiger partial charge in [0.1, 0.15) is 11.4 Å². The van der Waals surface area contributed by atoms with Crippen LogP contribution in [0.25, 0.3) is 39.6 Å². The fourth-order valence-electron chi connectivity index (χ4n) is 6.86. The predicted molar refractivity (Wildman–Crippen MR) is 203 cm³/mol. The van der Waals surface area contributed by atoms with Gasteiger partial charge in [0, 0.05) is 28.6 Å². The number of pyridine rings is 1. The van der Waals surface area contributed by atoms with Crippen molar-refractivity contribution in [2.75, 3.05) is 10.0 Å². The Morgan fingerprint density at radius 2 is 1.54 bits per heavy atom. The van der Waals surface area contributed by atoms with E-state index in [0.29, 0.717) is 11.5 Å². The van der Waals surface area contributed by atoms with Gasteiger partial charge in [0.2, 0.25) is 0 Å². The number of hydrogen-bond acceptors (Lipinski definition) is 7. The SMILES string of the molecule is CC(C)(C)OC(=O)NC1(c2ccc(-c3c(-c4ccc(NS(=O)(=O)c5ccccc5)cc4)nc4n3-c3cccnc3Nc3ccccc3-4)cc2)CCC1. The third kappa shape index (κ3) is 6.17. The van der Waals surface area contributed by atoms with E-state index in [0.717, 1.165) is 70.1 Å². The first kappa shape index (κ1) is 33.2. The van der Waals surface area contributed by atoms with Crippen LogP contribution >= 0.6 is 0 Å². The molecule has 1 aliphatic carbocycles. The summed E-state index contributed by atoms with van der Waals surface area (Å²) in [6.07, 6.45) is 3.98. The third-order valence-corrected chi connectivity index (χ3v) is 10.8. The number of nitrogens with zero attached hydrogens (tertiary/aromatic N) is 3. The second-order valence-electron chi connectivity index (χ2n) is 14.1. The first-order valence-electron chi connectivity index (χ1n) is 17.2. The number of sulfonamides is 1. The minimum absolute atomic E-state index is 0.187. The smallest absolute Gasteiger partial charge is 0.408 e. The molecule has 1 aliphatic heterocycles. The molecule has 3 N–H and O–H groups in total. The molecule has 1 saturated carbocycles. The summed E-state index contributed by atoms with van der Waals surface area (Å²) in [7, 11) is -3.76. The number of aromatic nitrogens is 3. The summed E-state index contributed by atoms with van der Waals surface area (Å²) < 4.78 is 36.6. The minimum atomic E-state index is -3.76. The van der Waals surface area contributed by atoms with E-state index in [-0.39, 0.29) is 4.90 Å². The van der Waals surface area contributed by atoms with Gasteiger partial charge in [-0.15, -0.1) is 0 Å². The number of fused-ring (bicyclic) bond motifs is 5. The summed E-state index contributed by atoms with van der Waals surface area (Å²) in [6, 6.07) is 35.8. The molecule has 2 aliphatic rings. The van der Waals surface area contributed by atoms with Gasteiger partial charge in [-0.2, -0.15) is 0 Å². The molecule has 6 aromatic rings. The molecule has 3 heterocycles. The normalized spacial score (nSPS) is 14.4. The summed E-state index contributed by atoms with van der Waals surface area (Å²) in [5.41, 5.74) is 6.25. The first-order chi connectivity index (χ1) is 25.0. The molecular formula is C41H38N6O4S. The fourth-order valence-corrected chi connectivity index (χ4v) is 7.94. The molecule has 0 atom stereocenters. The molecule has 0 saturated heterocycles. The van der Waals surface area contributed by atoms with Gasteiger partial charge in [-0.25, -0.2) is 23.2 Å². The van der Waals surface area contributed by atoms with Gasteiger partial charge in [0.25, 0.3) is 10.0 Å². The molecule has 262 valence electrons. The summed E-state index contributed by atoms with van der Waals surface area (Å²) in [5.74, 6) is 1.43. The number of amides is 1. The molecule has 8 rings (SSSR count). The second kappa shape index (κ2) is 12.7. The number of nitrogens with one attached hydrogen (secondary N) is 3. The molecule has 11 heteroatoms. The van der Waals surface area contributed by atoms with E-state index in [4.69, 9.17) is 14.7 Å². The Hall–Kier alpha value is -5.94. The predicted octanol–water partition coefficient (Wildman–Crippen LogP) is 9.03. The molecule has 0 spiro atoms. The second-order valence-corrected chi connectivity index (χ2v) is 15.8. The van der Waals surface area contributed by atoms with Crippen molar-refractivity contribution in [2.24, 2.45) is 0 Å². The standard InChI is InChI=1S/C41H38N6O4S/c1-40(2,3)51-39(48)45-41(24-10-25-41)29-20-16-28(17-21-29)36-35(27-18-22-30(23-19-27)46-52(49,50)31-11-5-4-6-12-31)44-38-32-13-7-8-14-33(32)43-37-34(47(36)38)15-9-26-42-37/h4-9,11-23,26,46H,10,24-25H2,1-3H3,(H,42,43)(H,45,48). The van der Waals surface area contributed by atoms with Crippen LogP contribution in [0.5, 0.6) is 0 Å². The van der Waals surface area contributed by atoms with E-state index in [1.54, 1.807) is 48.7 Å². The van der Waals surface area contributed by atoms with Crippen molar-refractivity contribution in [1.82, 2.24) is 19.9 Å². The van der Waals surface area contributed by atoms with Crippen LogP contribution in [0.1, 0.15) is 45.6 Å². The molecule has 1 fully saturated rings. The minimum Gasteiger partial charge on any atom is -0.444 e. The third-order valence-electron chi connectivity index (χ3n) is 9.45. The van der Waals surface area contributed by atoms with Gasteiger partial charge in [0.05, 0.1) is 33.2 Å². The monoisotopic (exact) mass is 710 g/mol. The van der Waals surface area contributed by atoms with Crippen LogP contribution in [0, 0.1) is 0 Å². The lowest BCUT2D eigenvalue weighted by molar-refractivity contribution is 0.0377. The maximum atomic E-state index is 13.1. The van der Waals surface area contributed by atoms with Gasteiger partial charge in [0.15, 0.2) is 5.82 Å². The molecule has 2 aromatic heterocycles. The Balaban J connectivity index is 1.24. The number of benzene rings is 4. The van der Waals surface area contributed by atoms with Crippen LogP contribution in [0.4, 0.5) is 22.0 Å². The van der Waals surface area contributed by atoms with E-state index in [1.165, 1.54) is 0 Å². The molecule has 0 bridgehead atoms. The lowest BCUT2D eigenvalue weighted by atomic mass is 9.71. The Morgan fingerprint density at radius 1 is 0.846 bits per heavy atom. The van der Waals surface area contributed by atoms with Crippen molar-refractivity contribution in [2.45, 2.75) is 56.1 Å². The molecule has 52 heavy (non-hydrogen) atoms. The highest BCUT2D eigenvalue weighted by molar-refractivity contribution is 7.92. The molecular weight excluding hydrogens is 673 g/mol. The maximum Gasteiger partial charge on any atom is 0.408 e. The van der Waals surface area contributed by atoms with Crippen molar-refractivity contribution < 1.29 is 17.9 Å². The van der Waals surface area contributed by atoms with Crippen LogP contribution in [0.15, 0.2) is 126 Å². The number of ether oxygens (including phenoxy) is 1. The maximum absolute atomic E-state index is 13.1. The number of carbonyl (C=O) groups excluding carboxylic acids is 1. The summed E-state index contributed by atoms with van der Waals surface area (Å²) in [5, 5.41) is 6.67. The summed E-state index contributed by atoms with van der Waals surface area (Å²) in [4.78, 5) is 23.1. The molecule has 1 amide bonds. The summed E-state index contributed by atoms with van der Waals surface area (Å²) in [6.45, 7) is 5.58. The Bertz CT molecular complexity index is 2400. The van der Waals surface area contributed by atoms with Crippen molar-refractivity contribution >= 4 is 33.3 Å². The van der Waals surface area contributed by atoms with Crippen LogP contribution in [-0.4, -0.2) is 34.6 Å². The van der Waals surface area contributed by atoms with Crippen LogP contribution in [0.3, 0.4) is 0 Å². The van der Waals surface area contributed by atoms with Crippen molar-refractivity contribution in [1.29, 1.82) is 0 Å². The van der Waals surface area contributed by atoms with Crippen LogP contribution in [-0.2, 0) is 20.3 Å².